The first-order valence-corrected chi connectivity index (χ1v) is 26.3. The summed E-state index contributed by atoms with van der Waals surface area (Å²) in [5.74, 6) is -1.46. The largest absolute Gasteiger partial charge is 0.404 e. The SMILES string of the molecule is [C-]#[N+][C@H]1CN(C(=O)[C@@H]2CC[C@@H]3CCCC[C@H](NC(=O)c4cc5cc(C(F)(F)P(=O)(OCCSC(=O)CC(C)C)OCCSC(=O)CC(C)C)ccc5s4)C(=O)N32)C[C@@H]1c1cc[nH]c(=O)c1. The summed E-state index contributed by atoms with van der Waals surface area (Å²) in [4.78, 5) is 88.6. The number of hydrogen-bond acceptors (Lipinski definition) is 12. The molecule has 2 N–H and O–H groups in total. The molecule has 65 heavy (non-hydrogen) atoms. The number of thiophene rings is 1. The van der Waals surface area contributed by atoms with Crippen LogP contribution in [-0.4, -0.2) is 105 Å². The number of amides is 3. The monoisotopic (exact) mass is 975 g/mol. The predicted molar refractivity (Wildman–Crippen MR) is 249 cm³/mol. The molecule has 0 saturated carbocycles. The van der Waals surface area contributed by atoms with E-state index in [2.05, 4.69) is 15.1 Å². The van der Waals surface area contributed by atoms with E-state index in [1.165, 1.54) is 24.4 Å². The molecule has 0 radical (unpaired) electrons. The van der Waals surface area contributed by atoms with Gasteiger partial charge in [-0.05, 0) is 72.7 Å². The molecular formula is C45H56F2N5O9PS3. The van der Waals surface area contributed by atoms with Crippen LogP contribution in [0.5, 0.6) is 0 Å². The molecule has 5 atom stereocenters. The standard InChI is InChI=1S/C45H56F2N5O9PS3/c1-27(2)20-40(54)63-18-16-60-62(59,61-17-19-64-41(55)21-28(3)4)45(46,47)31-10-13-37-30(22-31)23-38(65-37)42(56)50-34-9-7-6-8-32-11-12-36(52(32)43(34)57)44(58)51-25-33(35(26-51)48-5)29-14-15-49-39(53)24-29/h10,13-15,22-24,27-28,32-36H,6-9,11-12,16-21,25-26H2,1-4H3,(H,49,53)(H,50,56)/t32-,33+,34-,35-,36-/m0/s1. The Bertz CT molecular complexity index is 2350. The van der Waals surface area contributed by atoms with Gasteiger partial charge in [-0.1, -0.05) is 70.1 Å². The summed E-state index contributed by atoms with van der Waals surface area (Å²) in [6.07, 6.45) is 5.59. The summed E-state index contributed by atoms with van der Waals surface area (Å²) in [6.45, 7) is 14.8. The molecule has 0 aliphatic carbocycles. The minimum absolute atomic E-state index is 0.0288. The number of rotatable bonds is 18. The van der Waals surface area contributed by atoms with Gasteiger partial charge in [-0.2, -0.15) is 8.78 Å². The summed E-state index contributed by atoms with van der Waals surface area (Å²) in [5.41, 5.74) is -4.47. The second-order valence-corrected chi connectivity index (χ2v) is 23.0. The molecule has 0 bridgehead atoms. The lowest BCUT2D eigenvalue weighted by molar-refractivity contribution is -0.146. The number of hydrogen-bond donors (Lipinski definition) is 2. The molecule has 3 fully saturated rings. The van der Waals surface area contributed by atoms with Gasteiger partial charge in [0.2, 0.25) is 23.4 Å². The smallest absolute Gasteiger partial charge is 0.340 e. The van der Waals surface area contributed by atoms with Crippen LogP contribution in [0, 0.1) is 18.4 Å². The molecule has 0 unspecified atom stereocenters. The van der Waals surface area contributed by atoms with Crippen LogP contribution < -0.4 is 10.9 Å². The number of aromatic nitrogens is 1. The molecule has 3 aliphatic rings. The fraction of sp³-hybridized carbons (Fsp3) is 0.578. The van der Waals surface area contributed by atoms with Crippen LogP contribution in [0.3, 0.4) is 0 Å². The number of fused-ring (bicyclic) bond motifs is 2. The zero-order valence-electron chi connectivity index (χ0n) is 36.9. The molecule has 5 heterocycles. The van der Waals surface area contributed by atoms with Gasteiger partial charge in [0.15, 0.2) is 10.2 Å². The maximum Gasteiger partial charge on any atom is 0.404 e. The van der Waals surface area contributed by atoms with Crippen molar-refractivity contribution in [1.29, 1.82) is 0 Å². The van der Waals surface area contributed by atoms with Gasteiger partial charge < -0.3 is 34.0 Å². The first-order valence-electron chi connectivity index (χ1n) is 22.0. The molecule has 6 rings (SSSR count). The van der Waals surface area contributed by atoms with Crippen molar-refractivity contribution in [2.45, 2.75) is 115 Å². The van der Waals surface area contributed by atoms with Gasteiger partial charge >= 0.3 is 13.3 Å². The Balaban J connectivity index is 1.15. The molecule has 3 aliphatic heterocycles. The van der Waals surface area contributed by atoms with E-state index in [1.54, 1.807) is 15.9 Å². The quantitative estimate of drug-likeness (QED) is 0.0711. The summed E-state index contributed by atoms with van der Waals surface area (Å²) in [6, 6.07) is 5.70. The Hall–Kier alpha value is -3.92. The van der Waals surface area contributed by atoms with Crippen molar-refractivity contribution in [3.63, 3.8) is 0 Å². The van der Waals surface area contributed by atoms with Crippen molar-refractivity contribution < 1.29 is 46.4 Å². The van der Waals surface area contributed by atoms with Gasteiger partial charge in [0.05, 0.1) is 30.6 Å². The Morgan fingerprint density at radius 1 is 0.938 bits per heavy atom. The number of carbonyl (C=O) groups is 5. The van der Waals surface area contributed by atoms with Gasteiger partial charge in [-0.15, -0.1) is 11.3 Å². The molecule has 352 valence electrons. The van der Waals surface area contributed by atoms with Crippen molar-refractivity contribution >= 4 is 80.5 Å². The summed E-state index contributed by atoms with van der Waals surface area (Å²) < 4.78 is 58.1. The van der Waals surface area contributed by atoms with Gasteiger partial charge in [-0.25, -0.2) is 6.57 Å². The second-order valence-electron chi connectivity index (χ2n) is 17.5. The van der Waals surface area contributed by atoms with Crippen molar-refractivity contribution in [2.75, 3.05) is 37.8 Å². The van der Waals surface area contributed by atoms with Crippen LogP contribution in [0.4, 0.5) is 8.78 Å². The molecule has 20 heteroatoms. The second kappa shape index (κ2) is 22.3. The fourth-order valence-electron chi connectivity index (χ4n) is 8.58. The first kappa shape index (κ1) is 50.5. The van der Waals surface area contributed by atoms with Gasteiger partial charge in [0, 0.05) is 59.5 Å². The van der Waals surface area contributed by atoms with Crippen LogP contribution in [0.1, 0.15) is 106 Å². The van der Waals surface area contributed by atoms with E-state index in [4.69, 9.17) is 15.6 Å². The number of nitrogens with zero attached hydrogens (tertiary/aromatic N) is 3. The van der Waals surface area contributed by atoms with Crippen molar-refractivity contribution in [1.82, 2.24) is 20.1 Å². The maximum absolute atomic E-state index is 16.4. The summed E-state index contributed by atoms with van der Waals surface area (Å²) >= 11 is 2.82. The zero-order valence-corrected chi connectivity index (χ0v) is 40.3. The van der Waals surface area contributed by atoms with Crippen LogP contribution in [0.25, 0.3) is 14.9 Å². The number of pyridine rings is 1. The van der Waals surface area contributed by atoms with Crippen molar-refractivity contribution in [2.24, 2.45) is 11.8 Å². The van der Waals surface area contributed by atoms with Gasteiger partial charge in [-0.3, -0.25) is 33.3 Å². The van der Waals surface area contributed by atoms with E-state index >= 15 is 8.78 Å². The van der Waals surface area contributed by atoms with Crippen molar-refractivity contribution in [3.8, 4) is 0 Å². The summed E-state index contributed by atoms with van der Waals surface area (Å²) in [5, 5.41) is 2.82. The number of nitrogens with one attached hydrogen (secondary N) is 2. The summed E-state index contributed by atoms with van der Waals surface area (Å²) in [7, 11) is -5.25. The third-order valence-electron chi connectivity index (χ3n) is 11.7. The van der Waals surface area contributed by atoms with Crippen molar-refractivity contribution in [3.05, 3.63) is 80.4 Å². The average Bonchev–Trinajstić information content (AvgIpc) is 4.00. The van der Waals surface area contributed by atoms with Crippen LogP contribution in [0.15, 0.2) is 47.4 Å². The number of thioether (sulfide) groups is 2. The molecule has 1 aromatic carbocycles. The molecule has 0 spiro atoms. The highest BCUT2D eigenvalue weighted by atomic mass is 32.2. The number of carbonyl (C=O) groups excluding carboxylic acids is 5. The number of H-pyrrole nitrogens is 1. The molecule has 14 nitrogen and oxygen atoms in total. The molecule has 3 saturated heterocycles. The van der Waals surface area contributed by atoms with Crippen LogP contribution in [-0.2, 0) is 38.5 Å². The average molecular weight is 976 g/mol. The Labute approximate surface area is 390 Å². The molecule has 2 aromatic heterocycles. The molecular weight excluding hydrogens is 920 g/mol. The van der Waals surface area contributed by atoms with E-state index in [-0.39, 0.29) is 99.1 Å². The van der Waals surface area contributed by atoms with Crippen LogP contribution in [0.2, 0.25) is 0 Å². The number of likely N-dealkylation sites (tertiary alicyclic amines) is 1. The lowest BCUT2D eigenvalue weighted by Crippen LogP contribution is -2.56. The lowest BCUT2D eigenvalue weighted by atomic mass is 9.96. The molecule has 3 aromatic rings. The minimum atomic E-state index is -5.25. The Morgan fingerprint density at radius 2 is 1.60 bits per heavy atom. The highest BCUT2D eigenvalue weighted by Gasteiger charge is 2.55. The third-order valence-corrected chi connectivity index (χ3v) is 16.5. The number of alkyl halides is 2. The highest BCUT2D eigenvalue weighted by Crippen LogP contribution is 2.67. The Morgan fingerprint density at radius 3 is 2.23 bits per heavy atom. The maximum atomic E-state index is 16.4. The zero-order chi connectivity index (χ0) is 47.1. The van der Waals surface area contributed by atoms with Crippen LogP contribution >= 0.6 is 42.5 Å². The number of benzene rings is 1. The minimum Gasteiger partial charge on any atom is -0.340 e. The van der Waals surface area contributed by atoms with E-state index in [9.17, 15) is 33.3 Å². The van der Waals surface area contributed by atoms with E-state index in [0.29, 0.717) is 42.4 Å². The van der Waals surface area contributed by atoms with Gasteiger partial charge in [0.1, 0.15) is 12.1 Å². The molecule has 3 amide bonds. The van der Waals surface area contributed by atoms with E-state index in [0.717, 1.165) is 53.4 Å². The predicted octanol–water partition coefficient (Wildman–Crippen LogP) is 8.42. The fourth-order valence-corrected chi connectivity index (χ4v) is 13.0. The first-order chi connectivity index (χ1) is 30.9. The normalized spacial score (nSPS) is 21.6. The third kappa shape index (κ3) is 12.4. The number of aromatic amines is 1. The van der Waals surface area contributed by atoms with Gasteiger partial charge in [0.25, 0.3) is 5.91 Å². The number of halogens is 2. The topological polar surface area (TPSA) is 177 Å². The Kier molecular flexibility index (Phi) is 17.3. The van der Waals surface area contributed by atoms with E-state index in [1.807, 2.05) is 27.7 Å². The lowest BCUT2D eigenvalue weighted by Gasteiger charge is -2.36. The highest BCUT2D eigenvalue weighted by molar-refractivity contribution is 8.13. The van der Waals surface area contributed by atoms with E-state index < -0.39 is 56.1 Å².